The zero-order valence-electron chi connectivity index (χ0n) is 12.8. The minimum absolute atomic E-state index is 0.215. The van der Waals surface area contributed by atoms with Crippen LogP contribution in [0.2, 0.25) is 0 Å². The molecular weight excluding hydrogens is 282 g/mol. The van der Waals surface area contributed by atoms with E-state index in [1.807, 2.05) is 0 Å². The van der Waals surface area contributed by atoms with Crippen LogP contribution in [0.5, 0.6) is 0 Å². The summed E-state index contributed by atoms with van der Waals surface area (Å²) in [5, 5.41) is 0. The lowest BCUT2D eigenvalue weighted by Crippen LogP contribution is -2.38. The minimum Gasteiger partial charge on any atom is -0.389 e. The van der Waals surface area contributed by atoms with E-state index in [1.54, 1.807) is 0 Å². The molecule has 4 nitrogen and oxygen atoms in total. The molecule has 1 aliphatic heterocycles. The lowest BCUT2D eigenvalue weighted by atomic mass is 9.94. The number of hydrogen-bond acceptors (Lipinski definition) is 4. The maximum absolute atomic E-state index is 5.95. The van der Waals surface area contributed by atoms with Crippen molar-refractivity contribution in [2.75, 3.05) is 18.6 Å². The lowest BCUT2D eigenvalue weighted by molar-refractivity contribution is 0.118. The monoisotopic (exact) mass is 305 g/mol. The molecule has 0 aromatic carbocycles. The van der Waals surface area contributed by atoms with E-state index in [0.717, 1.165) is 37.3 Å². The first-order chi connectivity index (χ1) is 10.1. The number of hydrogen-bond donors (Lipinski definition) is 1. The number of aromatic nitrogens is 1. The molecule has 114 valence electrons. The number of anilines is 1. The van der Waals surface area contributed by atoms with Crippen molar-refractivity contribution in [1.29, 1.82) is 0 Å². The number of nitrogens with two attached hydrogens (primary N) is 1. The van der Waals surface area contributed by atoms with E-state index in [4.69, 9.17) is 27.7 Å². The summed E-state index contributed by atoms with van der Waals surface area (Å²) in [7, 11) is 2.08. The molecule has 0 bridgehead atoms. The topological polar surface area (TPSA) is 51.4 Å². The molecule has 5 heteroatoms. The van der Waals surface area contributed by atoms with Crippen molar-refractivity contribution in [2.45, 2.75) is 51.2 Å². The Bertz CT molecular complexity index is 561. The first kappa shape index (κ1) is 14.7. The number of nitrogens with zero attached hydrogens (tertiary/aromatic N) is 2. The Morgan fingerprint density at radius 1 is 1.43 bits per heavy atom. The Labute approximate surface area is 131 Å². The first-order valence-electron chi connectivity index (χ1n) is 7.75. The molecule has 0 radical (unpaired) electrons. The number of likely N-dealkylation sites (N-methyl/N-ethyl adjacent to an activating group) is 1. The highest BCUT2D eigenvalue weighted by molar-refractivity contribution is 7.80. The quantitative estimate of drug-likeness (QED) is 0.868. The Kier molecular flexibility index (Phi) is 4.13. The van der Waals surface area contributed by atoms with Crippen molar-refractivity contribution in [3.8, 4) is 0 Å². The van der Waals surface area contributed by atoms with Crippen LogP contribution in [-0.4, -0.2) is 35.8 Å². The van der Waals surface area contributed by atoms with Crippen LogP contribution in [0.1, 0.15) is 43.0 Å². The molecular formula is C16H23N3OS. The van der Waals surface area contributed by atoms with Gasteiger partial charge in [0.2, 0.25) is 0 Å². The summed E-state index contributed by atoms with van der Waals surface area (Å²) in [6.45, 7) is 2.93. The van der Waals surface area contributed by atoms with Crippen LogP contribution < -0.4 is 10.6 Å². The second-order valence-corrected chi connectivity index (χ2v) is 6.52. The predicted molar refractivity (Wildman–Crippen MR) is 89.0 cm³/mol. The van der Waals surface area contributed by atoms with Gasteiger partial charge in [0.15, 0.2) is 0 Å². The summed E-state index contributed by atoms with van der Waals surface area (Å²) in [6.07, 6.45) is 5.84. The summed E-state index contributed by atoms with van der Waals surface area (Å²) in [4.78, 5) is 7.56. The summed E-state index contributed by atoms with van der Waals surface area (Å²) >= 11 is 5.26. The second-order valence-electron chi connectivity index (χ2n) is 6.08. The number of aryl methyl sites for hydroxylation is 2. The van der Waals surface area contributed by atoms with Gasteiger partial charge in [0.1, 0.15) is 10.8 Å². The molecule has 2 atom stereocenters. The first-order valence-corrected chi connectivity index (χ1v) is 8.16. The minimum atomic E-state index is 0.215. The van der Waals surface area contributed by atoms with Crippen LogP contribution in [0.25, 0.3) is 0 Å². The van der Waals surface area contributed by atoms with Gasteiger partial charge in [-0.2, -0.15) is 0 Å². The Morgan fingerprint density at radius 2 is 2.19 bits per heavy atom. The maximum Gasteiger partial charge on any atom is 0.139 e. The van der Waals surface area contributed by atoms with Gasteiger partial charge in [0, 0.05) is 19.3 Å². The molecule has 1 fully saturated rings. The zero-order valence-corrected chi connectivity index (χ0v) is 13.6. The van der Waals surface area contributed by atoms with E-state index in [-0.39, 0.29) is 6.10 Å². The Morgan fingerprint density at radius 3 is 2.86 bits per heavy atom. The molecule has 0 spiro atoms. The lowest BCUT2D eigenvalue weighted by Gasteiger charge is -2.30. The van der Waals surface area contributed by atoms with Gasteiger partial charge in [-0.05, 0) is 50.7 Å². The van der Waals surface area contributed by atoms with Crippen LogP contribution in [0.4, 0.5) is 5.82 Å². The Balaban J connectivity index is 2.01. The second kappa shape index (κ2) is 5.89. The fourth-order valence-corrected chi connectivity index (χ4v) is 3.61. The molecule has 1 aromatic rings. The van der Waals surface area contributed by atoms with Crippen LogP contribution in [0, 0.1) is 0 Å². The number of ether oxygens (including phenoxy) is 1. The van der Waals surface area contributed by atoms with Gasteiger partial charge in [-0.1, -0.05) is 12.2 Å². The standard InChI is InChI=1S/C16H23N3OS/c1-10-14(7-8-20-10)19(2)16-12(15(17)21)9-11-5-3-4-6-13(11)18-16/h9-10,14H,3-8H2,1-2H3,(H2,17,21). The van der Waals surface area contributed by atoms with Gasteiger partial charge in [-0.25, -0.2) is 4.98 Å². The zero-order chi connectivity index (χ0) is 15.0. The van der Waals surface area contributed by atoms with E-state index >= 15 is 0 Å². The van der Waals surface area contributed by atoms with E-state index in [1.165, 1.54) is 24.1 Å². The third-order valence-corrected chi connectivity index (χ3v) is 4.93. The number of rotatable bonds is 3. The highest BCUT2D eigenvalue weighted by atomic mass is 32.1. The van der Waals surface area contributed by atoms with Crippen molar-refractivity contribution in [3.05, 3.63) is 22.9 Å². The maximum atomic E-state index is 5.95. The average Bonchev–Trinajstić information content (AvgIpc) is 2.91. The van der Waals surface area contributed by atoms with Crippen molar-refractivity contribution in [1.82, 2.24) is 4.98 Å². The van der Waals surface area contributed by atoms with E-state index in [2.05, 4.69) is 24.9 Å². The number of thiocarbonyl (C=S) groups is 1. The highest BCUT2D eigenvalue weighted by Crippen LogP contribution is 2.30. The molecule has 2 heterocycles. The molecule has 3 rings (SSSR count). The molecule has 2 aliphatic rings. The van der Waals surface area contributed by atoms with Gasteiger partial charge in [0.25, 0.3) is 0 Å². The molecule has 2 N–H and O–H groups in total. The number of pyridine rings is 1. The van der Waals surface area contributed by atoms with Crippen molar-refractivity contribution in [3.63, 3.8) is 0 Å². The van der Waals surface area contributed by atoms with E-state index in [0.29, 0.717) is 11.0 Å². The smallest absolute Gasteiger partial charge is 0.139 e. The van der Waals surface area contributed by atoms with Gasteiger partial charge >= 0.3 is 0 Å². The molecule has 2 unspecified atom stereocenters. The molecule has 21 heavy (non-hydrogen) atoms. The summed E-state index contributed by atoms with van der Waals surface area (Å²) in [5.74, 6) is 0.922. The van der Waals surface area contributed by atoms with Gasteiger partial charge < -0.3 is 15.4 Å². The average molecular weight is 305 g/mol. The molecule has 0 amide bonds. The third-order valence-electron chi connectivity index (χ3n) is 4.71. The molecule has 1 aliphatic carbocycles. The SMILES string of the molecule is CC1OCCC1N(C)c1nc2c(cc1C(N)=S)CCCC2. The van der Waals surface area contributed by atoms with Gasteiger partial charge in [-0.15, -0.1) is 0 Å². The summed E-state index contributed by atoms with van der Waals surface area (Å²) < 4.78 is 5.69. The van der Waals surface area contributed by atoms with Crippen molar-refractivity contribution < 1.29 is 4.74 Å². The van der Waals surface area contributed by atoms with Gasteiger partial charge in [0.05, 0.1) is 17.7 Å². The molecule has 1 aromatic heterocycles. The Hall–Kier alpha value is -1.20. The van der Waals surface area contributed by atoms with E-state index in [9.17, 15) is 0 Å². The fourth-order valence-electron chi connectivity index (χ4n) is 3.46. The predicted octanol–water partition coefficient (Wildman–Crippen LogP) is 2.21. The molecule has 1 saturated heterocycles. The van der Waals surface area contributed by atoms with Crippen LogP contribution >= 0.6 is 12.2 Å². The highest BCUT2D eigenvalue weighted by Gasteiger charge is 2.30. The summed E-state index contributed by atoms with van der Waals surface area (Å²) in [6, 6.07) is 2.50. The fraction of sp³-hybridized carbons (Fsp3) is 0.625. The normalized spacial score (nSPS) is 24.7. The van der Waals surface area contributed by atoms with Gasteiger partial charge in [-0.3, -0.25) is 0 Å². The largest absolute Gasteiger partial charge is 0.389 e. The van der Waals surface area contributed by atoms with E-state index < -0.39 is 0 Å². The summed E-state index contributed by atoms with van der Waals surface area (Å²) in [5.41, 5.74) is 9.40. The van der Waals surface area contributed by atoms with Crippen molar-refractivity contribution in [2.24, 2.45) is 5.73 Å². The van der Waals surface area contributed by atoms with Crippen molar-refractivity contribution >= 4 is 23.0 Å². The van der Waals surface area contributed by atoms with Crippen LogP contribution in [0.15, 0.2) is 6.07 Å². The third kappa shape index (κ3) is 2.77. The molecule has 0 saturated carbocycles. The number of fused-ring (bicyclic) bond motifs is 1. The van der Waals surface area contributed by atoms with Crippen LogP contribution in [-0.2, 0) is 17.6 Å². The van der Waals surface area contributed by atoms with Crippen LogP contribution in [0.3, 0.4) is 0 Å².